The number of Topliss-reactive ketones (excluding diaryl/α,β-unsaturated/α-hetero) is 1. The Morgan fingerprint density at radius 2 is 1.66 bits per heavy atom. The van der Waals surface area contributed by atoms with E-state index in [2.05, 4.69) is 35.6 Å². The minimum Gasteiger partial charge on any atom is -0.385 e. The zero-order valence-electron chi connectivity index (χ0n) is 24.0. The van der Waals surface area contributed by atoms with Crippen molar-refractivity contribution in [3.05, 3.63) is 108 Å². The van der Waals surface area contributed by atoms with Crippen molar-refractivity contribution in [2.75, 3.05) is 20.3 Å². The maximum absolute atomic E-state index is 13.7. The third-order valence-electron chi connectivity index (χ3n) is 8.18. The average molecular weight is 550 g/mol. The Labute approximate surface area is 242 Å². The summed E-state index contributed by atoms with van der Waals surface area (Å²) in [6.45, 7) is 3.25. The first kappa shape index (κ1) is 28.5. The van der Waals surface area contributed by atoms with Gasteiger partial charge in [0, 0.05) is 44.2 Å². The zero-order chi connectivity index (χ0) is 28.6. The molecule has 1 heterocycles. The number of hydrogen-bond acceptors (Lipinski definition) is 4. The molecule has 0 saturated heterocycles. The Bertz CT molecular complexity index is 1430. The number of ketones is 1. The number of nitrogens with one attached hydrogen (secondary N) is 1. The van der Waals surface area contributed by atoms with Crippen LogP contribution in [0.2, 0.25) is 0 Å². The lowest BCUT2D eigenvalue weighted by molar-refractivity contribution is -0.119. The molecule has 0 bridgehead atoms. The molecule has 0 spiro atoms. The van der Waals surface area contributed by atoms with E-state index < -0.39 is 0 Å². The van der Waals surface area contributed by atoms with Crippen LogP contribution in [0.25, 0.3) is 16.9 Å². The lowest BCUT2D eigenvalue weighted by atomic mass is 9.85. The molecule has 1 amide bonds. The van der Waals surface area contributed by atoms with Crippen molar-refractivity contribution < 1.29 is 14.3 Å². The molecule has 6 nitrogen and oxygen atoms in total. The van der Waals surface area contributed by atoms with Crippen LogP contribution >= 0.6 is 0 Å². The molecule has 212 valence electrons. The van der Waals surface area contributed by atoms with Crippen LogP contribution in [0.4, 0.5) is 0 Å². The predicted molar refractivity (Wildman–Crippen MR) is 162 cm³/mol. The summed E-state index contributed by atoms with van der Waals surface area (Å²) in [6, 6.07) is 30.1. The first-order valence-corrected chi connectivity index (χ1v) is 14.6. The maximum atomic E-state index is 13.7. The second-order valence-electron chi connectivity index (χ2n) is 11.0. The summed E-state index contributed by atoms with van der Waals surface area (Å²) >= 11 is 0. The predicted octanol–water partition coefficient (Wildman–Crippen LogP) is 6.64. The number of amides is 1. The van der Waals surface area contributed by atoms with Gasteiger partial charge in [-0.25, -0.2) is 4.68 Å². The number of nitrogens with zero attached hydrogens (tertiary/aromatic N) is 2. The number of carbonyl (C=O) groups excluding carboxylic acids is 2. The van der Waals surface area contributed by atoms with E-state index in [0.717, 1.165) is 48.5 Å². The summed E-state index contributed by atoms with van der Waals surface area (Å²) in [4.78, 5) is 25.9. The fraction of sp³-hybridized carbons (Fsp3) is 0.343. The smallest absolute Gasteiger partial charge is 0.251 e. The lowest BCUT2D eigenvalue weighted by Crippen LogP contribution is -2.22. The topological polar surface area (TPSA) is 73.2 Å². The van der Waals surface area contributed by atoms with Crippen LogP contribution in [0.3, 0.4) is 0 Å². The molecule has 1 saturated carbocycles. The summed E-state index contributed by atoms with van der Waals surface area (Å²) in [5.41, 5.74) is 5.42. The van der Waals surface area contributed by atoms with Crippen LogP contribution in [0.1, 0.15) is 60.1 Å². The largest absolute Gasteiger partial charge is 0.385 e. The molecule has 1 aliphatic rings. The molecule has 0 unspecified atom stereocenters. The highest BCUT2D eigenvalue weighted by molar-refractivity contribution is 5.94. The fourth-order valence-corrected chi connectivity index (χ4v) is 6.20. The van der Waals surface area contributed by atoms with Crippen molar-refractivity contribution in [1.29, 1.82) is 0 Å². The summed E-state index contributed by atoms with van der Waals surface area (Å²) < 4.78 is 7.25. The summed E-state index contributed by atoms with van der Waals surface area (Å²) in [5.74, 6) is 1.42. The van der Waals surface area contributed by atoms with Gasteiger partial charge in [0.15, 0.2) is 0 Å². The van der Waals surface area contributed by atoms with Crippen molar-refractivity contribution in [2.24, 2.45) is 11.8 Å². The highest BCUT2D eigenvalue weighted by atomic mass is 16.5. The molecule has 1 aliphatic carbocycles. The molecule has 1 N–H and O–H groups in total. The minimum atomic E-state index is -0.0923. The number of methoxy groups -OCH3 is 1. The van der Waals surface area contributed by atoms with Gasteiger partial charge in [-0.3, -0.25) is 9.59 Å². The molecule has 6 heteroatoms. The van der Waals surface area contributed by atoms with E-state index in [0.29, 0.717) is 42.7 Å². The van der Waals surface area contributed by atoms with Gasteiger partial charge in [-0.1, -0.05) is 60.7 Å². The first-order chi connectivity index (χ1) is 20.1. The molecular weight excluding hydrogens is 510 g/mol. The molecule has 3 atom stereocenters. The Morgan fingerprint density at radius 3 is 2.34 bits per heavy atom. The van der Waals surface area contributed by atoms with Gasteiger partial charge in [-0.2, -0.15) is 5.10 Å². The molecule has 41 heavy (non-hydrogen) atoms. The normalized spacial score (nSPS) is 18.3. The molecule has 5 rings (SSSR count). The molecular formula is C35H39N3O3. The highest BCUT2D eigenvalue weighted by Gasteiger charge is 2.36. The van der Waals surface area contributed by atoms with Crippen LogP contribution in [0.5, 0.6) is 0 Å². The number of hydrogen-bond donors (Lipinski definition) is 1. The van der Waals surface area contributed by atoms with Crippen molar-refractivity contribution >= 4 is 11.7 Å². The summed E-state index contributed by atoms with van der Waals surface area (Å²) in [7, 11) is 1.76. The SMILES string of the molecule is CCNC(=O)c1ccc(-c2cc(CC(=O)C[C@@H]3C[C@@H](CCOC)C[C@H]3c3ccccc3)n(-c3ccccc3)n2)cc1. The third-order valence-corrected chi connectivity index (χ3v) is 8.18. The van der Waals surface area contributed by atoms with Crippen molar-refractivity contribution in [2.45, 2.75) is 44.9 Å². The second kappa shape index (κ2) is 13.6. The standard InChI is InChI=1S/C35H39N3O3/c1-3-36-35(40)28-16-14-27(15-17-28)34-24-31(38(37-34)30-12-8-5-9-13-30)23-32(39)22-29-20-25(18-19-41-2)21-33(29)26-10-6-4-7-11-26/h4-17,24-25,29,33H,3,18-23H2,1-2H3,(H,36,40)/t25-,29+,33+/m1/s1. The minimum absolute atomic E-state index is 0.0923. The fourth-order valence-electron chi connectivity index (χ4n) is 6.20. The number of para-hydroxylation sites is 1. The molecule has 0 aliphatic heterocycles. The van der Waals surface area contributed by atoms with Crippen molar-refractivity contribution in [3.8, 4) is 16.9 Å². The lowest BCUT2D eigenvalue weighted by Gasteiger charge is -2.19. The molecule has 0 radical (unpaired) electrons. The quantitative estimate of drug-likeness (QED) is 0.215. The van der Waals surface area contributed by atoms with Gasteiger partial charge in [0.25, 0.3) is 5.91 Å². The van der Waals surface area contributed by atoms with E-state index in [4.69, 9.17) is 9.84 Å². The number of carbonyl (C=O) groups is 2. The Balaban J connectivity index is 1.37. The second-order valence-corrected chi connectivity index (χ2v) is 11.0. The number of benzene rings is 3. The van der Waals surface area contributed by atoms with Crippen LogP contribution in [-0.2, 0) is 16.0 Å². The van der Waals surface area contributed by atoms with Gasteiger partial charge >= 0.3 is 0 Å². The average Bonchev–Trinajstić information content (AvgIpc) is 3.61. The highest BCUT2D eigenvalue weighted by Crippen LogP contribution is 2.46. The van der Waals surface area contributed by atoms with Gasteiger partial charge in [0.05, 0.1) is 17.1 Å². The maximum Gasteiger partial charge on any atom is 0.251 e. The van der Waals surface area contributed by atoms with Crippen molar-refractivity contribution in [3.63, 3.8) is 0 Å². The Hall–Kier alpha value is -4.03. The Morgan fingerprint density at radius 1 is 0.951 bits per heavy atom. The van der Waals surface area contributed by atoms with E-state index >= 15 is 0 Å². The van der Waals surface area contributed by atoms with Crippen LogP contribution < -0.4 is 5.32 Å². The number of aromatic nitrogens is 2. The van der Waals surface area contributed by atoms with E-state index in [9.17, 15) is 9.59 Å². The van der Waals surface area contributed by atoms with E-state index in [1.54, 1.807) is 7.11 Å². The monoisotopic (exact) mass is 549 g/mol. The number of rotatable bonds is 12. The van der Waals surface area contributed by atoms with Gasteiger partial charge < -0.3 is 10.1 Å². The van der Waals surface area contributed by atoms with E-state index in [1.807, 2.05) is 72.3 Å². The summed E-state index contributed by atoms with van der Waals surface area (Å²) in [5, 5.41) is 7.74. The Kier molecular flexibility index (Phi) is 9.42. The molecule has 3 aromatic carbocycles. The first-order valence-electron chi connectivity index (χ1n) is 14.6. The summed E-state index contributed by atoms with van der Waals surface area (Å²) in [6.07, 6.45) is 4.06. The van der Waals surface area contributed by atoms with Crippen molar-refractivity contribution in [1.82, 2.24) is 15.1 Å². The number of ether oxygens (including phenoxy) is 1. The van der Waals surface area contributed by atoms with Gasteiger partial charge in [0.2, 0.25) is 0 Å². The van der Waals surface area contributed by atoms with Crippen LogP contribution in [0, 0.1) is 11.8 Å². The van der Waals surface area contributed by atoms with E-state index in [-0.39, 0.29) is 11.7 Å². The van der Waals surface area contributed by atoms with Crippen LogP contribution in [0.15, 0.2) is 91.0 Å². The molecule has 1 aromatic heterocycles. The third kappa shape index (κ3) is 7.01. The van der Waals surface area contributed by atoms with Gasteiger partial charge in [-0.05, 0) is 79.8 Å². The molecule has 1 fully saturated rings. The van der Waals surface area contributed by atoms with Gasteiger partial charge in [0.1, 0.15) is 5.78 Å². The van der Waals surface area contributed by atoms with E-state index in [1.165, 1.54) is 5.56 Å². The van der Waals surface area contributed by atoms with Gasteiger partial charge in [-0.15, -0.1) is 0 Å². The zero-order valence-corrected chi connectivity index (χ0v) is 24.0. The van der Waals surface area contributed by atoms with Crippen LogP contribution in [-0.4, -0.2) is 41.7 Å². The molecule has 4 aromatic rings.